The van der Waals surface area contributed by atoms with Crippen molar-refractivity contribution in [2.45, 2.75) is 24.7 Å². The molecule has 29 heavy (non-hydrogen) atoms. The Morgan fingerprint density at radius 2 is 2.03 bits per heavy atom. The lowest BCUT2D eigenvalue weighted by Gasteiger charge is -2.30. The maximum absolute atomic E-state index is 13.0. The van der Waals surface area contributed by atoms with Crippen LogP contribution in [0.2, 0.25) is 0 Å². The fraction of sp³-hybridized carbons (Fsp3) is 0.278. The average Bonchev–Trinajstić information content (AvgIpc) is 3.07. The minimum atomic E-state index is -3.96. The van der Waals surface area contributed by atoms with E-state index in [0.29, 0.717) is 5.13 Å². The zero-order valence-electron chi connectivity index (χ0n) is 15.7. The highest BCUT2D eigenvalue weighted by atomic mass is 32.2. The predicted octanol–water partition coefficient (Wildman–Crippen LogP) is 2.27. The summed E-state index contributed by atoms with van der Waals surface area (Å²) in [6.07, 6.45) is 1.69. The number of sulfonamides is 1. The number of ether oxygens (including phenoxy) is 1. The molecule has 2 N–H and O–H groups in total. The molecule has 11 heteroatoms. The lowest BCUT2D eigenvalue weighted by Crippen LogP contribution is -2.37. The Balaban J connectivity index is 2.03. The summed E-state index contributed by atoms with van der Waals surface area (Å²) >= 11 is 1.25. The van der Waals surface area contributed by atoms with Gasteiger partial charge in [0.25, 0.3) is 15.9 Å². The Labute approximate surface area is 171 Å². The first-order valence-electron chi connectivity index (χ1n) is 8.63. The molecule has 0 radical (unpaired) electrons. The van der Waals surface area contributed by atoms with Crippen molar-refractivity contribution in [3.05, 3.63) is 46.6 Å². The van der Waals surface area contributed by atoms with Crippen LogP contribution in [0.15, 0.2) is 41.1 Å². The van der Waals surface area contributed by atoms with E-state index >= 15 is 0 Å². The maximum atomic E-state index is 13.0. The normalized spacial score (nSPS) is 15.0. The van der Waals surface area contributed by atoms with E-state index in [9.17, 15) is 18.0 Å². The van der Waals surface area contributed by atoms with Gasteiger partial charge in [-0.05, 0) is 25.5 Å². The number of carboxylic acid groups (broad SMARTS) is 1. The van der Waals surface area contributed by atoms with Crippen LogP contribution in [-0.2, 0) is 24.3 Å². The average molecular weight is 437 g/mol. The second kappa shape index (κ2) is 8.21. The Kier molecular flexibility index (Phi) is 5.89. The molecule has 0 fully saturated rings. The van der Waals surface area contributed by atoms with Gasteiger partial charge in [0.05, 0.1) is 11.5 Å². The van der Waals surface area contributed by atoms with Gasteiger partial charge < -0.3 is 9.84 Å². The lowest BCUT2D eigenvalue weighted by molar-refractivity contribution is -0.137. The van der Waals surface area contributed by atoms with Crippen LogP contribution in [0, 0.1) is 6.92 Å². The van der Waals surface area contributed by atoms with E-state index in [1.807, 2.05) is 6.92 Å². The summed E-state index contributed by atoms with van der Waals surface area (Å²) in [5.41, 5.74) is 0.0632. The molecule has 0 bridgehead atoms. The smallest absolute Gasteiger partial charge is 0.303 e. The highest BCUT2D eigenvalue weighted by Gasteiger charge is 2.38. The molecule has 1 aromatic heterocycles. The predicted molar refractivity (Wildman–Crippen MR) is 107 cm³/mol. The molecule has 1 aliphatic heterocycles. The van der Waals surface area contributed by atoms with E-state index in [0.717, 1.165) is 9.18 Å². The number of aryl methyl sites for hydroxylation is 1. The van der Waals surface area contributed by atoms with Gasteiger partial charge in [-0.2, -0.15) is 0 Å². The molecule has 0 spiro atoms. The van der Waals surface area contributed by atoms with Crippen LogP contribution in [0.1, 0.15) is 23.3 Å². The first kappa shape index (κ1) is 20.8. The number of hydrogen-bond acceptors (Lipinski definition) is 7. The SMILES string of the molecule is Cc1cnc(NC(=O)C2=C(OCCCC(=O)O)c3ccccc3S(=O)(=O)N2C)s1. The number of carbonyl (C=O) groups is 2. The Hall–Kier alpha value is -2.92. The molecule has 1 aliphatic rings. The van der Waals surface area contributed by atoms with Crippen LogP contribution in [-0.4, -0.2) is 48.3 Å². The molecular weight excluding hydrogens is 418 g/mol. The Morgan fingerprint density at radius 1 is 1.31 bits per heavy atom. The molecule has 1 amide bonds. The van der Waals surface area contributed by atoms with Gasteiger partial charge in [-0.1, -0.05) is 12.1 Å². The van der Waals surface area contributed by atoms with Crippen LogP contribution in [0.25, 0.3) is 5.76 Å². The van der Waals surface area contributed by atoms with Gasteiger partial charge in [-0.25, -0.2) is 13.4 Å². The summed E-state index contributed by atoms with van der Waals surface area (Å²) in [6, 6.07) is 6.20. The quantitative estimate of drug-likeness (QED) is 0.636. The van der Waals surface area contributed by atoms with Crippen molar-refractivity contribution in [1.29, 1.82) is 0 Å². The topological polar surface area (TPSA) is 126 Å². The fourth-order valence-electron chi connectivity index (χ4n) is 2.78. The Bertz CT molecular complexity index is 1090. The van der Waals surface area contributed by atoms with Gasteiger partial charge in [-0.15, -0.1) is 11.3 Å². The number of aromatic nitrogens is 1. The van der Waals surface area contributed by atoms with Gasteiger partial charge in [0.15, 0.2) is 16.6 Å². The lowest BCUT2D eigenvalue weighted by atomic mass is 10.1. The van der Waals surface area contributed by atoms with Gasteiger partial charge in [0.1, 0.15) is 0 Å². The number of rotatable bonds is 7. The van der Waals surface area contributed by atoms with E-state index in [4.69, 9.17) is 9.84 Å². The second-order valence-corrected chi connectivity index (χ2v) is 9.39. The molecule has 154 valence electrons. The van der Waals surface area contributed by atoms with Crippen molar-refractivity contribution in [3.8, 4) is 0 Å². The largest absolute Gasteiger partial charge is 0.490 e. The summed E-state index contributed by atoms with van der Waals surface area (Å²) in [4.78, 5) is 28.7. The van der Waals surface area contributed by atoms with Crippen molar-refractivity contribution in [1.82, 2.24) is 9.29 Å². The second-order valence-electron chi connectivity index (χ2n) is 6.22. The number of amides is 1. The molecule has 0 saturated heterocycles. The van der Waals surface area contributed by atoms with Gasteiger partial charge in [0.2, 0.25) is 0 Å². The monoisotopic (exact) mass is 437 g/mol. The van der Waals surface area contributed by atoms with Crippen LogP contribution in [0.5, 0.6) is 0 Å². The summed E-state index contributed by atoms with van der Waals surface area (Å²) in [7, 11) is -2.68. The van der Waals surface area contributed by atoms with E-state index in [1.54, 1.807) is 24.4 Å². The highest BCUT2D eigenvalue weighted by Crippen LogP contribution is 2.37. The summed E-state index contributed by atoms with van der Waals surface area (Å²) < 4.78 is 32.4. The van der Waals surface area contributed by atoms with Crippen molar-refractivity contribution >= 4 is 44.1 Å². The number of benzene rings is 1. The van der Waals surface area contributed by atoms with E-state index in [1.165, 1.54) is 24.5 Å². The van der Waals surface area contributed by atoms with Gasteiger partial charge in [-0.3, -0.25) is 19.2 Å². The fourth-order valence-corrected chi connectivity index (χ4v) is 4.83. The van der Waals surface area contributed by atoms with Gasteiger partial charge in [0, 0.05) is 30.1 Å². The number of nitrogens with zero attached hydrogens (tertiary/aromatic N) is 2. The third-order valence-electron chi connectivity index (χ3n) is 4.14. The molecule has 2 aromatic rings. The third-order valence-corrected chi connectivity index (χ3v) is 6.78. The first-order valence-corrected chi connectivity index (χ1v) is 10.9. The van der Waals surface area contributed by atoms with Crippen molar-refractivity contribution in [2.75, 3.05) is 19.0 Å². The first-order chi connectivity index (χ1) is 13.7. The van der Waals surface area contributed by atoms with Crippen LogP contribution < -0.4 is 5.32 Å². The van der Waals surface area contributed by atoms with E-state index in [-0.39, 0.29) is 41.4 Å². The summed E-state index contributed by atoms with van der Waals surface area (Å²) in [5.74, 6) is -1.58. The molecule has 2 heterocycles. The number of carboxylic acids is 1. The molecule has 0 unspecified atom stereocenters. The maximum Gasteiger partial charge on any atom is 0.303 e. The van der Waals surface area contributed by atoms with Crippen molar-refractivity contribution in [2.24, 2.45) is 0 Å². The van der Waals surface area contributed by atoms with E-state index in [2.05, 4.69) is 10.3 Å². The standard InChI is InChI=1S/C18H19N3O6S2/c1-11-10-19-18(28-11)20-17(24)15-16(27-9-5-8-14(22)23)12-6-3-4-7-13(12)29(25,26)21(15)2/h3-4,6-7,10H,5,8-9H2,1-2H3,(H,22,23)(H,19,20,24). The number of nitrogens with one attached hydrogen (secondary N) is 1. The van der Waals surface area contributed by atoms with Gasteiger partial charge >= 0.3 is 5.97 Å². The number of carbonyl (C=O) groups excluding carboxylic acids is 1. The van der Waals surface area contributed by atoms with Crippen LogP contribution >= 0.6 is 11.3 Å². The number of hydrogen-bond donors (Lipinski definition) is 2. The molecule has 0 aliphatic carbocycles. The zero-order valence-corrected chi connectivity index (χ0v) is 17.3. The number of aliphatic carboxylic acids is 1. The number of thiazole rings is 1. The summed E-state index contributed by atoms with van der Waals surface area (Å²) in [6.45, 7) is 1.84. The molecule has 0 atom stereocenters. The van der Waals surface area contributed by atoms with Crippen LogP contribution in [0.4, 0.5) is 5.13 Å². The minimum absolute atomic E-state index is 0.0109. The van der Waals surface area contributed by atoms with Crippen LogP contribution in [0.3, 0.4) is 0 Å². The van der Waals surface area contributed by atoms with E-state index < -0.39 is 21.9 Å². The molecule has 9 nitrogen and oxygen atoms in total. The minimum Gasteiger partial charge on any atom is -0.490 e. The third kappa shape index (κ3) is 4.25. The number of anilines is 1. The Morgan fingerprint density at radius 3 is 2.69 bits per heavy atom. The van der Waals surface area contributed by atoms with Crippen molar-refractivity contribution in [3.63, 3.8) is 0 Å². The summed E-state index contributed by atoms with van der Waals surface area (Å²) in [5, 5.41) is 11.7. The molecule has 3 rings (SSSR count). The zero-order chi connectivity index (χ0) is 21.2. The van der Waals surface area contributed by atoms with Crippen molar-refractivity contribution < 1.29 is 27.9 Å². The molecular formula is C18H19N3O6S2. The number of likely N-dealkylation sites (N-methyl/N-ethyl adjacent to an activating group) is 1. The molecule has 1 aromatic carbocycles. The molecule has 0 saturated carbocycles. The number of fused-ring (bicyclic) bond motifs is 1. The highest BCUT2D eigenvalue weighted by molar-refractivity contribution is 7.89.